The van der Waals surface area contributed by atoms with Crippen molar-refractivity contribution < 1.29 is 9.53 Å². The third-order valence-corrected chi connectivity index (χ3v) is 2.39. The highest BCUT2D eigenvalue weighted by Crippen LogP contribution is 2.24. The molecule has 0 saturated heterocycles. The Morgan fingerprint density at radius 2 is 2.13 bits per heavy atom. The van der Waals surface area contributed by atoms with Gasteiger partial charge in [-0.1, -0.05) is 0 Å². The first-order valence-corrected chi connectivity index (χ1v) is 5.36. The summed E-state index contributed by atoms with van der Waals surface area (Å²) < 4.78 is 5.17. The number of alkyl carbamates (subject to hydrolysis) is 1. The van der Waals surface area contributed by atoms with Crippen LogP contribution in [0, 0.1) is 18.3 Å². The van der Waals surface area contributed by atoms with Crippen molar-refractivity contribution in [3.63, 3.8) is 0 Å². The minimum atomic E-state index is -0.436. The van der Waals surface area contributed by atoms with Gasteiger partial charge < -0.3 is 10.1 Å². The van der Waals surface area contributed by atoms with Crippen LogP contribution in [0.4, 0.5) is 4.79 Å². The zero-order chi connectivity index (χ0) is 11.5. The van der Waals surface area contributed by atoms with Gasteiger partial charge in [0.1, 0.15) is 5.60 Å². The predicted molar refractivity (Wildman–Crippen MR) is 59.3 cm³/mol. The zero-order valence-corrected chi connectivity index (χ0v) is 9.67. The molecular formula is C12H19NO2. The van der Waals surface area contributed by atoms with E-state index in [1.165, 1.54) is 0 Å². The Bertz CT molecular complexity index is 272. The van der Waals surface area contributed by atoms with Crippen LogP contribution < -0.4 is 5.32 Å². The lowest BCUT2D eigenvalue weighted by Gasteiger charge is -2.21. The van der Waals surface area contributed by atoms with E-state index in [9.17, 15) is 4.79 Å². The van der Waals surface area contributed by atoms with Crippen LogP contribution in [-0.2, 0) is 4.74 Å². The molecule has 0 radical (unpaired) electrons. The van der Waals surface area contributed by atoms with E-state index in [1.807, 2.05) is 20.8 Å². The van der Waals surface area contributed by atoms with E-state index < -0.39 is 5.60 Å². The maximum Gasteiger partial charge on any atom is 0.407 e. The molecule has 0 aromatic carbocycles. The summed E-state index contributed by atoms with van der Waals surface area (Å²) in [7, 11) is 0. The summed E-state index contributed by atoms with van der Waals surface area (Å²) >= 11 is 0. The summed E-state index contributed by atoms with van der Waals surface area (Å²) in [6, 6.07) is 0.181. The number of carbonyl (C=O) groups excluding carboxylic acids is 1. The number of hydrogen-bond donors (Lipinski definition) is 1. The summed E-state index contributed by atoms with van der Waals surface area (Å²) in [5.41, 5.74) is -0.436. The highest BCUT2D eigenvalue weighted by molar-refractivity contribution is 5.68. The lowest BCUT2D eigenvalue weighted by atomic mass is 10.1. The number of ether oxygens (including phenoxy) is 1. The minimum absolute atomic E-state index is 0.181. The molecule has 0 aliphatic heterocycles. The molecule has 3 heteroatoms. The van der Waals surface area contributed by atoms with Crippen LogP contribution in [0.3, 0.4) is 0 Å². The number of carbonyl (C=O) groups is 1. The molecule has 1 rings (SSSR count). The third kappa shape index (κ3) is 4.24. The number of terminal acetylenes is 1. The Kier molecular flexibility index (Phi) is 3.62. The van der Waals surface area contributed by atoms with Crippen molar-refractivity contribution in [2.24, 2.45) is 5.92 Å². The van der Waals surface area contributed by atoms with Gasteiger partial charge in [-0.3, -0.25) is 0 Å². The van der Waals surface area contributed by atoms with Crippen molar-refractivity contribution >= 4 is 6.09 Å². The van der Waals surface area contributed by atoms with Gasteiger partial charge in [-0.2, -0.15) is 0 Å². The molecule has 1 amide bonds. The van der Waals surface area contributed by atoms with Crippen LogP contribution >= 0.6 is 0 Å². The van der Waals surface area contributed by atoms with E-state index in [0.717, 1.165) is 19.3 Å². The molecule has 0 aromatic rings. The fourth-order valence-corrected chi connectivity index (χ4v) is 1.74. The highest BCUT2D eigenvalue weighted by atomic mass is 16.6. The second kappa shape index (κ2) is 4.57. The molecule has 1 fully saturated rings. The average molecular weight is 209 g/mol. The second-order valence-corrected chi connectivity index (χ2v) is 5.02. The number of nitrogens with one attached hydrogen (secondary N) is 1. The molecule has 1 aliphatic rings. The Morgan fingerprint density at radius 1 is 1.47 bits per heavy atom. The first kappa shape index (κ1) is 11.9. The quantitative estimate of drug-likeness (QED) is 0.673. The molecule has 1 saturated carbocycles. The van der Waals surface area contributed by atoms with Crippen molar-refractivity contribution in [3.05, 3.63) is 0 Å². The van der Waals surface area contributed by atoms with E-state index in [4.69, 9.17) is 11.2 Å². The molecular weight excluding hydrogens is 190 g/mol. The van der Waals surface area contributed by atoms with Gasteiger partial charge in [0, 0.05) is 12.0 Å². The molecule has 0 aromatic heterocycles. The van der Waals surface area contributed by atoms with Gasteiger partial charge in [-0.25, -0.2) is 4.79 Å². The van der Waals surface area contributed by atoms with Crippen LogP contribution in [-0.4, -0.2) is 17.7 Å². The molecule has 1 N–H and O–H groups in total. The largest absolute Gasteiger partial charge is 0.444 e. The van der Waals surface area contributed by atoms with Gasteiger partial charge >= 0.3 is 6.09 Å². The smallest absolute Gasteiger partial charge is 0.407 e. The Labute approximate surface area is 91.6 Å². The van der Waals surface area contributed by atoms with Gasteiger partial charge in [0.25, 0.3) is 0 Å². The van der Waals surface area contributed by atoms with E-state index in [1.54, 1.807) is 0 Å². The molecule has 1 aliphatic carbocycles. The maximum absolute atomic E-state index is 11.4. The molecule has 84 valence electrons. The van der Waals surface area contributed by atoms with Crippen molar-refractivity contribution in [2.75, 3.05) is 0 Å². The van der Waals surface area contributed by atoms with Gasteiger partial charge in [-0.05, 0) is 40.0 Å². The van der Waals surface area contributed by atoms with Crippen molar-refractivity contribution in [1.29, 1.82) is 0 Å². The van der Waals surface area contributed by atoms with Crippen LogP contribution in [0.2, 0.25) is 0 Å². The van der Waals surface area contributed by atoms with Gasteiger partial charge in [0.2, 0.25) is 0 Å². The monoisotopic (exact) mass is 209 g/mol. The van der Waals surface area contributed by atoms with E-state index >= 15 is 0 Å². The minimum Gasteiger partial charge on any atom is -0.444 e. The van der Waals surface area contributed by atoms with E-state index in [-0.39, 0.29) is 12.1 Å². The first-order chi connectivity index (χ1) is 6.90. The Hall–Kier alpha value is -1.17. The van der Waals surface area contributed by atoms with E-state index in [2.05, 4.69) is 11.2 Å². The van der Waals surface area contributed by atoms with Crippen LogP contribution in [0.25, 0.3) is 0 Å². The summed E-state index contributed by atoms with van der Waals surface area (Å²) in [6.07, 6.45) is 7.81. The summed E-state index contributed by atoms with van der Waals surface area (Å²) in [6.45, 7) is 5.56. The Morgan fingerprint density at radius 3 is 2.60 bits per heavy atom. The molecule has 0 heterocycles. The fraction of sp³-hybridized carbons (Fsp3) is 0.750. The zero-order valence-electron chi connectivity index (χ0n) is 9.67. The first-order valence-electron chi connectivity index (χ1n) is 5.36. The van der Waals surface area contributed by atoms with Crippen LogP contribution in [0.5, 0.6) is 0 Å². The molecule has 3 nitrogen and oxygen atoms in total. The molecule has 0 bridgehead atoms. The normalized spacial score (nSPS) is 25.7. The molecule has 0 spiro atoms. The van der Waals surface area contributed by atoms with Crippen LogP contribution in [0.15, 0.2) is 0 Å². The third-order valence-electron chi connectivity index (χ3n) is 2.39. The van der Waals surface area contributed by atoms with Gasteiger partial charge in [0.05, 0.1) is 0 Å². The van der Waals surface area contributed by atoms with E-state index in [0.29, 0.717) is 5.92 Å². The number of amides is 1. The molecule has 0 unspecified atom stereocenters. The number of hydrogen-bond acceptors (Lipinski definition) is 2. The van der Waals surface area contributed by atoms with Crippen molar-refractivity contribution in [1.82, 2.24) is 5.32 Å². The summed E-state index contributed by atoms with van der Waals surface area (Å²) in [5, 5.41) is 2.84. The topological polar surface area (TPSA) is 38.3 Å². The van der Waals surface area contributed by atoms with Gasteiger partial charge in [0.15, 0.2) is 0 Å². The second-order valence-electron chi connectivity index (χ2n) is 5.02. The van der Waals surface area contributed by atoms with Gasteiger partial charge in [-0.15, -0.1) is 12.3 Å². The highest BCUT2D eigenvalue weighted by Gasteiger charge is 2.26. The summed E-state index contributed by atoms with van der Waals surface area (Å²) in [5.74, 6) is 3.03. The predicted octanol–water partition coefficient (Wildman–Crippen LogP) is 2.31. The lowest BCUT2D eigenvalue weighted by Crippen LogP contribution is -2.37. The molecule has 15 heavy (non-hydrogen) atoms. The van der Waals surface area contributed by atoms with Crippen molar-refractivity contribution in [2.45, 2.75) is 51.7 Å². The average Bonchev–Trinajstić information content (AvgIpc) is 2.48. The number of rotatable bonds is 1. The standard InChI is InChI=1S/C12H19NO2/c1-5-9-6-7-10(8-9)13-11(14)15-12(2,3)4/h1,9-10H,6-8H2,2-4H3,(H,13,14)/t9-,10-/m0/s1. The Balaban J connectivity index is 2.32. The lowest BCUT2D eigenvalue weighted by molar-refractivity contribution is 0.0505. The van der Waals surface area contributed by atoms with Crippen molar-refractivity contribution in [3.8, 4) is 12.3 Å². The summed E-state index contributed by atoms with van der Waals surface area (Å²) in [4.78, 5) is 11.4. The maximum atomic E-state index is 11.4. The fourth-order valence-electron chi connectivity index (χ4n) is 1.74. The molecule has 2 atom stereocenters. The van der Waals surface area contributed by atoms with Crippen LogP contribution in [0.1, 0.15) is 40.0 Å². The SMILES string of the molecule is C#C[C@H]1CC[C@H](NC(=O)OC(C)(C)C)C1.